The Bertz CT molecular complexity index is 1700. The highest BCUT2D eigenvalue weighted by Crippen LogP contribution is 2.65. The SMILES string of the molecule is Cc1cc2c(cnn2-c2ccc(F)cc2)cc1C12CN(S(=O)(=O)c3cnn(C)n3)CC1C2C(=O)NCC(C)C. The third-order valence-corrected chi connectivity index (χ3v) is 9.66. The molecule has 2 aromatic carbocycles. The van der Waals surface area contributed by atoms with Crippen LogP contribution in [0.2, 0.25) is 0 Å². The van der Waals surface area contributed by atoms with E-state index in [1.54, 1.807) is 30.1 Å². The predicted octanol–water partition coefficient (Wildman–Crippen LogP) is 2.56. The lowest BCUT2D eigenvalue weighted by molar-refractivity contribution is -0.123. The Labute approximate surface area is 225 Å². The van der Waals surface area contributed by atoms with Crippen LogP contribution in [0.5, 0.6) is 0 Å². The first-order chi connectivity index (χ1) is 18.5. The Hall–Kier alpha value is -3.64. The molecule has 1 amide bonds. The number of aryl methyl sites for hydroxylation is 2. The first kappa shape index (κ1) is 25.6. The number of piperidine rings is 1. The second kappa shape index (κ2) is 8.95. The summed E-state index contributed by atoms with van der Waals surface area (Å²) in [4.78, 5) is 14.6. The minimum absolute atomic E-state index is 0.0493. The largest absolute Gasteiger partial charge is 0.356 e. The summed E-state index contributed by atoms with van der Waals surface area (Å²) >= 11 is 0. The number of hydrogen-bond donors (Lipinski definition) is 1. The Balaban J connectivity index is 1.40. The fraction of sp³-hybridized carbons (Fsp3) is 0.407. The van der Waals surface area contributed by atoms with Crippen molar-refractivity contribution in [3.05, 3.63) is 65.7 Å². The van der Waals surface area contributed by atoms with E-state index < -0.39 is 15.4 Å². The van der Waals surface area contributed by atoms with Gasteiger partial charge in [-0.25, -0.2) is 17.5 Å². The highest BCUT2D eigenvalue weighted by molar-refractivity contribution is 7.89. The van der Waals surface area contributed by atoms with Gasteiger partial charge in [-0.05, 0) is 66.3 Å². The molecule has 6 rings (SSSR count). The van der Waals surface area contributed by atoms with Crippen LogP contribution >= 0.6 is 0 Å². The Morgan fingerprint density at radius 3 is 2.59 bits per heavy atom. The Kier molecular flexibility index (Phi) is 5.88. The number of sulfonamides is 1. The number of carbonyl (C=O) groups excluding carboxylic acids is 1. The molecule has 0 radical (unpaired) electrons. The van der Waals surface area contributed by atoms with E-state index in [1.807, 2.05) is 32.9 Å². The predicted molar refractivity (Wildman–Crippen MR) is 142 cm³/mol. The van der Waals surface area contributed by atoms with E-state index in [1.165, 1.54) is 27.4 Å². The van der Waals surface area contributed by atoms with E-state index in [4.69, 9.17) is 0 Å². The van der Waals surface area contributed by atoms with Crippen LogP contribution in [0.3, 0.4) is 0 Å². The summed E-state index contributed by atoms with van der Waals surface area (Å²) in [5.41, 5.74) is 2.80. The van der Waals surface area contributed by atoms with Gasteiger partial charge in [0.05, 0.1) is 29.5 Å². The van der Waals surface area contributed by atoms with Gasteiger partial charge in [-0.3, -0.25) is 4.79 Å². The van der Waals surface area contributed by atoms with Crippen molar-refractivity contribution in [2.45, 2.75) is 31.2 Å². The minimum atomic E-state index is -3.87. The van der Waals surface area contributed by atoms with Crippen molar-refractivity contribution >= 4 is 26.8 Å². The summed E-state index contributed by atoms with van der Waals surface area (Å²) in [5, 5.41) is 16.3. The summed E-state index contributed by atoms with van der Waals surface area (Å²) in [6.07, 6.45) is 2.99. The molecular formula is C27H30FN7O3S. The minimum Gasteiger partial charge on any atom is -0.356 e. The van der Waals surface area contributed by atoms with Gasteiger partial charge in [-0.2, -0.15) is 19.3 Å². The fourth-order valence-electron chi connectivity index (χ4n) is 6.09. The molecule has 2 aliphatic rings. The molecule has 0 bridgehead atoms. The number of aromatic nitrogens is 5. The van der Waals surface area contributed by atoms with Crippen molar-refractivity contribution in [2.24, 2.45) is 24.8 Å². The molecule has 2 fully saturated rings. The zero-order valence-corrected chi connectivity index (χ0v) is 23.0. The number of carbonyl (C=O) groups is 1. The van der Waals surface area contributed by atoms with Crippen LogP contribution < -0.4 is 5.32 Å². The van der Waals surface area contributed by atoms with Crippen molar-refractivity contribution in [3.63, 3.8) is 0 Å². The number of nitrogens with zero attached hydrogens (tertiary/aromatic N) is 6. The van der Waals surface area contributed by atoms with Crippen LogP contribution in [0, 0.1) is 30.5 Å². The maximum atomic E-state index is 13.5. The van der Waals surface area contributed by atoms with E-state index in [2.05, 4.69) is 20.6 Å². The molecule has 3 unspecified atom stereocenters. The van der Waals surface area contributed by atoms with Crippen molar-refractivity contribution in [2.75, 3.05) is 19.6 Å². The van der Waals surface area contributed by atoms with Crippen LogP contribution in [0.1, 0.15) is 25.0 Å². The zero-order valence-electron chi connectivity index (χ0n) is 22.2. The van der Waals surface area contributed by atoms with E-state index in [9.17, 15) is 17.6 Å². The van der Waals surface area contributed by atoms with Gasteiger partial charge >= 0.3 is 0 Å². The van der Waals surface area contributed by atoms with Gasteiger partial charge in [0.15, 0.2) is 0 Å². The number of benzene rings is 2. The van der Waals surface area contributed by atoms with Crippen LogP contribution in [-0.4, -0.2) is 63.0 Å². The molecule has 1 aliphatic carbocycles. The molecule has 4 aromatic rings. The van der Waals surface area contributed by atoms with Gasteiger partial charge in [-0.15, -0.1) is 5.10 Å². The summed E-state index contributed by atoms with van der Waals surface area (Å²) in [6.45, 7) is 7.01. The molecule has 1 saturated carbocycles. The number of amides is 1. The van der Waals surface area contributed by atoms with Gasteiger partial charge in [-0.1, -0.05) is 13.8 Å². The van der Waals surface area contributed by atoms with Crippen molar-refractivity contribution in [1.82, 2.24) is 34.4 Å². The number of hydrogen-bond acceptors (Lipinski definition) is 6. The van der Waals surface area contributed by atoms with E-state index in [-0.39, 0.29) is 41.7 Å². The van der Waals surface area contributed by atoms with Gasteiger partial charge in [0.2, 0.25) is 10.9 Å². The molecule has 1 saturated heterocycles. The van der Waals surface area contributed by atoms with E-state index in [0.29, 0.717) is 12.5 Å². The summed E-state index contributed by atoms with van der Waals surface area (Å²) in [5.74, 6) is -0.581. The van der Waals surface area contributed by atoms with Crippen molar-refractivity contribution in [3.8, 4) is 5.69 Å². The summed E-state index contributed by atoms with van der Waals surface area (Å²) in [6, 6.07) is 10.2. The van der Waals surface area contributed by atoms with Crippen molar-refractivity contribution < 1.29 is 17.6 Å². The molecule has 12 heteroatoms. The molecule has 0 spiro atoms. The molecule has 10 nitrogen and oxygen atoms in total. The molecule has 1 N–H and O–H groups in total. The molecule has 39 heavy (non-hydrogen) atoms. The Morgan fingerprint density at radius 1 is 1.18 bits per heavy atom. The molecule has 3 heterocycles. The monoisotopic (exact) mass is 551 g/mol. The van der Waals surface area contributed by atoms with E-state index in [0.717, 1.165) is 27.7 Å². The van der Waals surface area contributed by atoms with Gasteiger partial charge in [0.25, 0.3) is 10.0 Å². The quantitative estimate of drug-likeness (QED) is 0.378. The average molecular weight is 552 g/mol. The maximum absolute atomic E-state index is 13.5. The lowest BCUT2D eigenvalue weighted by Gasteiger charge is -2.24. The first-order valence-corrected chi connectivity index (χ1v) is 14.4. The van der Waals surface area contributed by atoms with Crippen LogP contribution in [0.4, 0.5) is 4.39 Å². The number of halogens is 1. The highest BCUT2D eigenvalue weighted by Gasteiger charge is 2.74. The third-order valence-electron chi connectivity index (χ3n) is 7.98. The zero-order chi connectivity index (χ0) is 27.7. The summed E-state index contributed by atoms with van der Waals surface area (Å²) in [7, 11) is -2.30. The van der Waals surface area contributed by atoms with Crippen LogP contribution in [-0.2, 0) is 27.3 Å². The van der Waals surface area contributed by atoms with Crippen molar-refractivity contribution in [1.29, 1.82) is 0 Å². The number of rotatable bonds is 7. The van der Waals surface area contributed by atoms with E-state index >= 15 is 0 Å². The lowest BCUT2D eigenvalue weighted by atomic mass is 9.88. The molecule has 2 aromatic heterocycles. The fourth-order valence-corrected chi connectivity index (χ4v) is 7.50. The normalized spacial score (nSPS) is 22.9. The van der Waals surface area contributed by atoms with Crippen LogP contribution in [0.15, 0.2) is 53.8 Å². The maximum Gasteiger partial charge on any atom is 0.264 e. The Morgan fingerprint density at radius 2 is 1.92 bits per heavy atom. The standard InChI is InChI=1S/C27H30FN7O3S/c1-16(2)11-29-26(36)25-22-14-34(39(37,38)24-13-30-33(4)32-24)15-27(22,25)21-10-18-12-31-35(23(18)9-17(21)3)20-7-5-19(28)6-8-20/h5-10,12-13,16,22,25H,11,14-15H2,1-4H3,(H,29,36). The van der Waals surface area contributed by atoms with Gasteiger partial charge in [0.1, 0.15) is 5.82 Å². The van der Waals surface area contributed by atoms with Gasteiger partial charge < -0.3 is 5.32 Å². The first-order valence-electron chi connectivity index (χ1n) is 12.9. The highest BCUT2D eigenvalue weighted by atomic mass is 32.2. The molecule has 3 atom stereocenters. The smallest absolute Gasteiger partial charge is 0.264 e. The number of fused-ring (bicyclic) bond motifs is 2. The summed E-state index contributed by atoms with van der Waals surface area (Å²) < 4.78 is 43.5. The molecular weight excluding hydrogens is 521 g/mol. The second-order valence-electron chi connectivity index (χ2n) is 11.0. The molecule has 204 valence electrons. The second-order valence-corrected chi connectivity index (χ2v) is 12.9. The topological polar surface area (TPSA) is 115 Å². The lowest BCUT2D eigenvalue weighted by Crippen LogP contribution is -2.39. The number of nitrogens with one attached hydrogen (secondary N) is 1. The molecule has 1 aliphatic heterocycles. The average Bonchev–Trinajstić information content (AvgIpc) is 3.32. The third kappa shape index (κ3) is 4.04. The van der Waals surface area contributed by atoms with Gasteiger partial charge in [0, 0.05) is 37.5 Å². The van der Waals surface area contributed by atoms with Crippen LogP contribution in [0.25, 0.3) is 16.6 Å².